The Balaban J connectivity index is 3.27. The highest BCUT2D eigenvalue weighted by Gasteiger charge is 2.48. The van der Waals surface area contributed by atoms with E-state index in [2.05, 4.69) is 0 Å². The summed E-state index contributed by atoms with van der Waals surface area (Å²) in [5, 5.41) is 11.2. The van der Waals surface area contributed by atoms with E-state index in [1.54, 1.807) is 6.92 Å². The predicted octanol–water partition coefficient (Wildman–Crippen LogP) is 3.77. The summed E-state index contributed by atoms with van der Waals surface area (Å²) >= 11 is 5.77. The van der Waals surface area contributed by atoms with Gasteiger partial charge in [0.2, 0.25) is 0 Å². The molecule has 2 atom stereocenters. The van der Waals surface area contributed by atoms with Crippen molar-refractivity contribution < 1.29 is 23.4 Å². The molecule has 0 saturated heterocycles. The van der Waals surface area contributed by atoms with Gasteiger partial charge in [0.1, 0.15) is 5.60 Å². The lowest BCUT2D eigenvalue weighted by atomic mass is 9.78. The van der Waals surface area contributed by atoms with Crippen molar-refractivity contribution in [2.24, 2.45) is 5.92 Å². The lowest BCUT2D eigenvalue weighted by Gasteiger charge is -2.34. The van der Waals surface area contributed by atoms with Gasteiger partial charge in [0.05, 0.1) is 6.61 Å². The Kier molecular flexibility index (Phi) is 6.55. The number of hydrogen-bond acceptors (Lipinski definition) is 3. The van der Waals surface area contributed by atoms with Crippen molar-refractivity contribution in [3.8, 4) is 0 Å². The number of benzene rings is 1. The normalized spacial score (nSPS) is 15.6. The molecular formula is C15H19ClF2O3. The lowest BCUT2D eigenvalue weighted by molar-refractivity contribution is -0.173. The van der Waals surface area contributed by atoms with Gasteiger partial charge in [-0.1, -0.05) is 37.1 Å². The molecule has 1 rings (SSSR count). The van der Waals surface area contributed by atoms with Gasteiger partial charge in [0.25, 0.3) is 6.43 Å². The molecule has 118 valence electrons. The SMILES string of the molecule is CCCC(O)(c1ccc(Cl)cc1)C(C(=O)OCC)C(F)F. The summed E-state index contributed by atoms with van der Waals surface area (Å²) in [4.78, 5) is 11.9. The fourth-order valence-corrected chi connectivity index (χ4v) is 2.46. The molecule has 1 aromatic rings. The van der Waals surface area contributed by atoms with Crippen LogP contribution < -0.4 is 0 Å². The molecule has 2 unspecified atom stereocenters. The van der Waals surface area contributed by atoms with Crippen LogP contribution in [0.1, 0.15) is 32.3 Å². The van der Waals surface area contributed by atoms with Crippen LogP contribution in [0.5, 0.6) is 0 Å². The van der Waals surface area contributed by atoms with Crippen molar-refractivity contribution in [1.29, 1.82) is 0 Å². The zero-order chi connectivity index (χ0) is 16.0. The van der Waals surface area contributed by atoms with Gasteiger partial charge in [-0.3, -0.25) is 4.79 Å². The van der Waals surface area contributed by atoms with Crippen molar-refractivity contribution >= 4 is 17.6 Å². The van der Waals surface area contributed by atoms with Crippen LogP contribution in [0.3, 0.4) is 0 Å². The number of carbonyl (C=O) groups excluding carboxylic acids is 1. The highest BCUT2D eigenvalue weighted by Crippen LogP contribution is 2.39. The fourth-order valence-electron chi connectivity index (χ4n) is 2.34. The van der Waals surface area contributed by atoms with Crippen LogP contribution in [-0.2, 0) is 15.1 Å². The molecular weight excluding hydrogens is 302 g/mol. The molecule has 1 N–H and O–H groups in total. The molecule has 0 heterocycles. The maximum Gasteiger partial charge on any atom is 0.318 e. The van der Waals surface area contributed by atoms with E-state index in [4.69, 9.17) is 16.3 Å². The molecule has 1 aromatic carbocycles. The zero-order valence-electron chi connectivity index (χ0n) is 12.0. The van der Waals surface area contributed by atoms with Gasteiger partial charge in [-0.15, -0.1) is 0 Å². The van der Waals surface area contributed by atoms with Crippen LogP contribution in [0.25, 0.3) is 0 Å². The molecule has 0 aliphatic rings. The van der Waals surface area contributed by atoms with Crippen LogP contribution in [-0.4, -0.2) is 24.1 Å². The number of halogens is 3. The molecule has 0 aliphatic carbocycles. The van der Waals surface area contributed by atoms with Crippen LogP contribution in [0.2, 0.25) is 5.02 Å². The largest absolute Gasteiger partial charge is 0.466 e. The Bertz CT molecular complexity index is 464. The summed E-state index contributed by atoms with van der Waals surface area (Å²) in [5.74, 6) is -3.03. The minimum Gasteiger partial charge on any atom is -0.466 e. The Labute approximate surface area is 127 Å². The molecule has 0 amide bonds. The highest BCUT2D eigenvalue weighted by molar-refractivity contribution is 6.30. The van der Waals surface area contributed by atoms with Gasteiger partial charge < -0.3 is 9.84 Å². The van der Waals surface area contributed by atoms with Crippen molar-refractivity contribution in [1.82, 2.24) is 0 Å². The first-order valence-electron chi connectivity index (χ1n) is 6.80. The molecule has 21 heavy (non-hydrogen) atoms. The standard InChI is InChI=1S/C15H19ClF2O3/c1-3-9-15(20,10-5-7-11(16)8-6-10)12(13(17)18)14(19)21-4-2/h5-8,12-13,20H,3-4,9H2,1-2H3. The highest BCUT2D eigenvalue weighted by atomic mass is 35.5. The first kappa shape index (κ1) is 17.9. The van der Waals surface area contributed by atoms with Crippen LogP contribution in [0, 0.1) is 5.92 Å². The van der Waals surface area contributed by atoms with E-state index in [1.807, 2.05) is 0 Å². The topological polar surface area (TPSA) is 46.5 Å². The Hall–Kier alpha value is -1.20. The maximum absolute atomic E-state index is 13.4. The number of rotatable bonds is 7. The van der Waals surface area contributed by atoms with E-state index >= 15 is 0 Å². The summed E-state index contributed by atoms with van der Waals surface area (Å²) in [7, 11) is 0. The second-order valence-corrected chi connectivity index (χ2v) is 5.18. The van der Waals surface area contributed by atoms with Crippen molar-refractivity contribution in [3.63, 3.8) is 0 Å². The third-order valence-electron chi connectivity index (χ3n) is 3.28. The molecule has 0 fully saturated rings. The number of carbonyl (C=O) groups is 1. The van der Waals surface area contributed by atoms with Gasteiger partial charge in [-0.05, 0) is 31.0 Å². The van der Waals surface area contributed by atoms with E-state index in [-0.39, 0.29) is 18.6 Å². The monoisotopic (exact) mass is 320 g/mol. The Morgan fingerprint density at radius 2 is 1.90 bits per heavy atom. The third-order valence-corrected chi connectivity index (χ3v) is 3.53. The Morgan fingerprint density at radius 3 is 2.33 bits per heavy atom. The second kappa shape index (κ2) is 7.71. The van der Waals surface area contributed by atoms with Crippen molar-refractivity contribution in [2.45, 2.75) is 38.7 Å². The van der Waals surface area contributed by atoms with E-state index in [0.29, 0.717) is 11.4 Å². The van der Waals surface area contributed by atoms with Gasteiger partial charge in [-0.2, -0.15) is 0 Å². The van der Waals surface area contributed by atoms with Gasteiger partial charge in [0, 0.05) is 5.02 Å². The number of aliphatic hydroxyl groups is 1. The summed E-state index contributed by atoms with van der Waals surface area (Å²) < 4.78 is 31.4. The number of esters is 1. The number of alkyl halides is 2. The molecule has 6 heteroatoms. The number of hydrogen-bond donors (Lipinski definition) is 1. The average Bonchev–Trinajstić information content (AvgIpc) is 2.39. The average molecular weight is 321 g/mol. The first-order chi connectivity index (χ1) is 9.86. The van der Waals surface area contributed by atoms with E-state index < -0.39 is 23.9 Å². The second-order valence-electron chi connectivity index (χ2n) is 4.75. The third kappa shape index (κ3) is 4.14. The van der Waals surface area contributed by atoms with Gasteiger partial charge in [0.15, 0.2) is 5.92 Å². The molecule has 0 radical (unpaired) electrons. The molecule has 0 aromatic heterocycles. The first-order valence-corrected chi connectivity index (χ1v) is 7.17. The number of ether oxygens (including phenoxy) is 1. The van der Waals surface area contributed by atoms with Gasteiger partial charge in [-0.25, -0.2) is 8.78 Å². The van der Waals surface area contributed by atoms with Crippen LogP contribution in [0.4, 0.5) is 8.78 Å². The molecule has 0 bridgehead atoms. The van der Waals surface area contributed by atoms with Crippen molar-refractivity contribution in [2.75, 3.05) is 6.61 Å². The maximum atomic E-state index is 13.4. The summed E-state index contributed by atoms with van der Waals surface area (Å²) in [6.07, 6.45) is -2.58. The quantitative estimate of drug-likeness (QED) is 0.778. The van der Waals surface area contributed by atoms with E-state index in [0.717, 1.165) is 0 Å². The predicted molar refractivity (Wildman–Crippen MR) is 76.4 cm³/mol. The molecule has 3 nitrogen and oxygen atoms in total. The van der Waals surface area contributed by atoms with Gasteiger partial charge >= 0.3 is 5.97 Å². The summed E-state index contributed by atoms with van der Waals surface area (Å²) in [6, 6.07) is 5.88. The fraction of sp³-hybridized carbons (Fsp3) is 0.533. The van der Waals surface area contributed by atoms with E-state index in [1.165, 1.54) is 31.2 Å². The minimum absolute atomic E-state index is 0.0163. The summed E-state index contributed by atoms with van der Waals surface area (Å²) in [5.41, 5.74) is -1.76. The molecule has 0 saturated carbocycles. The molecule has 0 aliphatic heterocycles. The van der Waals surface area contributed by atoms with Crippen LogP contribution >= 0.6 is 11.6 Å². The molecule has 0 spiro atoms. The minimum atomic E-state index is -3.03. The summed E-state index contributed by atoms with van der Waals surface area (Å²) in [6.45, 7) is 3.25. The Morgan fingerprint density at radius 1 is 1.33 bits per heavy atom. The van der Waals surface area contributed by atoms with E-state index in [9.17, 15) is 18.7 Å². The zero-order valence-corrected chi connectivity index (χ0v) is 12.7. The van der Waals surface area contributed by atoms with Crippen molar-refractivity contribution in [3.05, 3.63) is 34.9 Å². The smallest absolute Gasteiger partial charge is 0.318 e. The lowest BCUT2D eigenvalue weighted by Crippen LogP contribution is -2.45. The van der Waals surface area contributed by atoms with Crippen LogP contribution in [0.15, 0.2) is 24.3 Å².